The van der Waals surface area contributed by atoms with Crippen LogP contribution >= 0.6 is 11.3 Å². The highest BCUT2D eigenvalue weighted by atomic mass is 32.1. The van der Waals surface area contributed by atoms with E-state index < -0.39 is 6.04 Å². The predicted molar refractivity (Wildman–Crippen MR) is 113 cm³/mol. The second-order valence-electron chi connectivity index (χ2n) is 6.75. The molecule has 0 aliphatic heterocycles. The molecule has 3 aromatic heterocycles. The lowest BCUT2D eigenvalue weighted by molar-refractivity contribution is -0.119. The van der Waals surface area contributed by atoms with Crippen LogP contribution in [0.25, 0.3) is 20.4 Å². The van der Waals surface area contributed by atoms with E-state index in [4.69, 9.17) is 0 Å². The molecule has 6 nitrogen and oxygen atoms in total. The van der Waals surface area contributed by atoms with Crippen LogP contribution in [-0.2, 0) is 4.79 Å². The van der Waals surface area contributed by atoms with Crippen molar-refractivity contribution in [2.75, 3.05) is 5.32 Å². The third-order valence-electron chi connectivity index (χ3n) is 5.07. The number of carbonyl (C=O) groups is 1. The third kappa shape index (κ3) is 2.97. The van der Waals surface area contributed by atoms with Gasteiger partial charge in [-0.2, -0.15) is 0 Å². The van der Waals surface area contributed by atoms with Gasteiger partial charge in [0.05, 0.1) is 11.8 Å². The first-order valence-corrected chi connectivity index (χ1v) is 9.94. The molecule has 0 saturated heterocycles. The molecule has 0 aliphatic carbocycles. The molecule has 7 heteroatoms. The van der Waals surface area contributed by atoms with Gasteiger partial charge >= 0.3 is 0 Å². The summed E-state index contributed by atoms with van der Waals surface area (Å²) in [5.41, 5.74) is 3.30. The number of fused-ring (bicyclic) bond motifs is 3. The zero-order chi connectivity index (χ0) is 19.8. The molecule has 142 valence electrons. The number of aromatic nitrogens is 3. The molecule has 1 N–H and O–H groups in total. The van der Waals surface area contributed by atoms with Crippen molar-refractivity contribution >= 4 is 43.4 Å². The Balaban J connectivity index is 1.75. The maximum atomic E-state index is 13.1. The van der Waals surface area contributed by atoms with Crippen molar-refractivity contribution in [2.45, 2.75) is 33.2 Å². The highest BCUT2D eigenvalue weighted by Crippen LogP contribution is 2.29. The number of thiophene rings is 1. The molecular formula is C21H20N4O2S. The number of anilines is 1. The summed E-state index contributed by atoms with van der Waals surface area (Å²) in [7, 11) is 0. The first-order chi connectivity index (χ1) is 13.5. The molecule has 1 aromatic carbocycles. The normalized spacial score (nSPS) is 12.4. The number of rotatable bonds is 4. The predicted octanol–water partition coefficient (Wildman–Crippen LogP) is 4.21. The number of hydrogen-bond acceptors (Lipinski definition) is 5. The summed E-state index contributed by atoms with van der Waals surface area (Å²) in [6.07, 6.45) is 3.65. The van der Waals surface area contributed by atoms with Crippen molar-refractivity contribution < 1.29 is 4.79 Å². The first kappa shape index (κ1) is 18.3. The summed E-state index contributed by atoms with van der Waals surface area (Å²) in [4.78, 5) is 35.6. The number of pyridine rings is 1. The number of nitrogens with zero attached hydrogens (tertiary/aromatic N) is 3. The van der Waals surface area contributed by atoms with Crippen LogP contribution in [0.3, 0.4) is 0 Å². The molecule has 0 spiro atoms. The fourth-order valence-corrected chi connectivity index (χ4v) is 4.35. The van der Waals surface area contributed by atoms with Crippen LogP contribution in [0.1, 0.15) is 30.5 Å². The van der Waals surface area contributed by atoms with E-state index in [0.717, 1.165) is 27.0 Å². The van der Waals surface area contributed by atoms with Crippen molar-refractivity contribution in [2.24, 2.45) is 0 Å². The van der Waals surface area contributed by atoms with Gasteiger partial charge in [-0.3, -0.25) is 14.2 Å². The molecule has 0 bridgehead atoms. The zero-order valence-electron chi connectivity index (χ0n) is 15.9. The summed E-state index contributed by atoms with van der Waals surface area (Å²) >= 11 is 1.31. The van der Waals surface area contributed by atoms with Crippen molar-refractivity contribution in [3.8, 4) is 0 Å². The quantitative estimate of drug-likeness (QED) is 0.564. The molecule has 0 fully saturated rings. The number of hydrogen-bond donors (Lipinski definition) is 1. The maximum absolute atomic E-state index is 13.1. The Kier molecular flexibility index (Phi) is 4.68. The second kappa shape index (κ2) is 7.16. The first-order valence-electron chi connectivity index (χ1n) is 9.12. The van der Waals surface area contributed by atoms with E-state index >= 15 is 0 Å². The lowest BCUT2D eigenvalue weighted by Crippen LogP contribution is -2.33. The highest BCUT2D eigenvalue weighted by Gasteiger charge is 2.23. The minimum Gasteiger partial charge on any atom is -0.324 e. The fourth-order valence-electron chi connectivity index (χ4n) is 3.32. The smallest absolute Gasteiger partial charge is 0.272 e. The van der Waals surface area contributed by atoms with E-state index in [1.165, 1.54) is 22.2 Å². The molecule has 4 rings (SSSR count). The van der Waals surface area contributed by atoms with Crippen LogP contribution in [0.5, 0.6) is 0 Å². The van der Waals surface area contributed by atoms with Gasteiger partial charge in [-0.05, 0) is 49.6 Å². The Morgan fingerprint density at radius 2 is 2.04 bits per heavy atom. The standard InChI is InChI=1S/C21H20N4O2S/c1-4-16(19(26)24-15-9-5-7-12(2)13(15)3)25-11-23-17-14-8-6-10-22-20(14)28-18(17)21(25)27/h5-11,16H,4H2,1-3H3,(H,24,26)/t16-/m0/s1. The van der Waals surface area contributed by atoms with Gasteiger partial charge in [-0.15, -0.1) is 11.3 Å². The van der Waals surface area contributed by atoms with Gasteiger partial charge < -0.3 is 5.32 Å². The number of aryl methyl sites for hydroxylation is 1. The summed E-state index contributed by atoms with van der Waals surface area (Å²) in [5, 5.41) is 3.83. The molecule has 4 aromatic rings. The minimum absolute atomic E-state index is 0.212. The van der Waals surface area contributed by atoms with Crippen LogP contribution in [0.2, 0.25) is 0 Å². The Morgan fingerprint density at radius 3 is 2.82 bits per heavy atom. The molecule has 0 aliphatic rings. The van der Waals surface area contributed by atoms with Gasteiger partial charge in [-0.25, -0.2) is 9.97 Å². The highest BCUT2D eigenvalue weighted by molar-refractivity contribution is 7.25. The van der Waals surface area contributed by atoms with Crippen LogP contribution < -0.4 is 10.9 Å². The van der Waals surface area contributed by atoms with Gasteiger partial charge in [0.1, 0.15) is 15.6 Å². The molecule has 0 saturated carbocycles. The Hall–Kier alpha value is -3.06. The molecule has 0 radical (unpaired) electrons. The van der Waals surface area contributed by atoms with Gasteiger partial charge in [0.25, 0.3) is 5.56 Å². The summed E-state index contributed by atoms with van der Waals surface area (Å²) in [6, 6.07) is 8.87. The molecule has 1 amide bonds. The summed E-state index contributed by atoms with van der Waals surface area (Å²) in [5.74, 6) is -0.223. The van der Waals surface area contributed by atoms with Crippen LogP contribution in [0.15, 0.2) is 47.7 Å². The summed E-state index contributed by atoms with van der Waals surface area (Å²) < 4.78 is 1.95. The molecule has 1 atom stereocenters. The second-order valence-corrected chi connectivity index (χ2v) is 7.75. The van der Waals surface area contributed by atoms with Gasteiger partial charge in [-0.1, -0.05) is 19.1 Å². The Morgan fingerprint density at radius 1 is 1.21 bits per heavy atom. The Labute approximate surface area is 165 Å². The monoisotopic (exact) mass is 392 g/mol. The fraction of sp³-hybridized carbons (Fsp3) is 0.238. The van der Waals surface area contributed by atoms with Crippen LogP contribution in [-0.4, -0.2) is 20.4 Å². The third-order valence-corrected chi connectivity index (χ3v) is 6.16. The van der Waals surface area contributed by atoms with E-state index in [2.05, 4.69) is 15.3 Å². The van der Waals surface area contributed by atoms with E-state index in [1.807, 2.05) is 51.1 Å². The van der Waals surface area contributed by atoms with Crippen LogP contribution in [0, 0.1) is 13.8 Å². The number of amides is 1. The largest absolute Gasteiger partial charge is 0.324 e. The average Bonchev–Trinajstić information content (AvgIpc) is 3.07. The van der Waals surface area contributed by atoms with Gasteiger partial charge in [0.2, 0.25) is 5.91 Å². The summed E-state index contributed by atoms with van der Waals surface area (Å²) in [6.45, 7) is 5.85. The Bertz CT molecular complexity index is 1260. The number of nitrogens with one attached hydrogen (secondary N) is 1. The number of benzene rings is 1. The topological polar surface area (TPSA) is 76.9 Å². The number of carbonyl (C=O) groups excluding carboxylic acids is 1. The SMILES string of the molecule is CC[C@@H](C(=O)Nc1cccc(C)c1C)n1cnc2c(sc3ncccc32)c1=O. The maximum Gasteiger partial charge on any atom is 0.272 e. The molecule has 3 heterocycles. The van der Waals surface area contributed by atoms with E-state index in [1.54, 1.807) is 6.20 Å². The van der Waals surface area contributed by atoms with E-state index in [0.29, 0.717) is 16.6 Å². The lowest BCUT2D eigenvalue weighted by Gasteiger charge is -2.18. The van der Waals surface area contributed by atoms with Gasteiger partial charge in [0.15, 0.2) is 0 Å². The van der Waals surface area contributed by atoms with E-state index in [-0.39, 0.29) is 11.5 Å². The molecule has 0 unspecified atom stereocenters. The molecular weight excluding hydrogens is 372 g/mol. The van der Waals surface area contributed by atoms with Gasteiger partial charge in [0, 0.05) is 17.3 Å². The molecule has 28 heavy (non-hydrogen) atoms. The minimum atomic E-state index is -0.637. The van der Waals surface area contributed by atoms with Crippen LogP contribution in [0.4, 0.5) is 5.69 Å². The van der Waals surface area contributed by atoms with Crippen molar-refractivity contribution in [1.29, 1.82) is 0 Å². The van der Waals surface area contributed by atoms with Crippen molar-refractivity contribution in [3.05, 3.63) is 64.3 Å². The van der Waals surface area contributed by atoms with Crippen molar-refractivity contribution in [1.82, 2.24) is 14.5 Å². The zero-order valence-corrected chi connectivity index (χ0v) is 16.7. The average molecular weight is 392 g/mol. The van der Waals surface area contributed by atoms with Crippen molar-refractivity contribution in [3.63, 3.8) is 0 Å². The van der Waals surface area contributed by atoms with E-state index in [9.17, 15) is 9.59 Å². The lowest BCUT2D eigenvalue weighted by atomic mass is 10.1.